The number of fused-ring (bicyclic) bond motifs is 1. The minimum absolute atomic E-state index is 0.0478. The third-order valence-corrected chi connectivity index (χ3v) is 7.65. The fourth-order valence-corrected chi connectivity index (χ4v) is 5.69. The molecule has 0 saturated carbocycles. The quantitative estimate of drug-likeness (QED) is 0.153. The van der Waals surface area contributed by atoms with Crippen LogP contribution in [0.3, 0.4) is 0 Å². The number of aromatic nitrogens is 4. The second-order valence-electron chi connectivity index (χ2n) is 6.13. The van der Waals surface area contributed by atoms with Crippen LogP contribution >= 0.6 is 23.5 Å². The Bertz CT molecular complexity index is 1160. The second-order valence-corrected chi connectivity index (χ2v) is 10.6. The van der Waals surface area contributed by atoms with Crippen molar-refractivity contribution in [2.24, 2.45) is 0 Å². The highest BCUT2D eigenvalue weighted by atomic mass is 31.3. The van der Waals surface area contributed by atoms with Gasteiger partial charge in [0.2, 0.25) is 0 Å². The van der Waals surface area contributed by atoms with Crippen molar-refractivity contribution in [1.29, 1.82) is 0 Å². The molecule has 3 rings (SSSR count). The molecule has 1 aliphatic heterocycles. The number of aliphatic hydroxyl groups excluding tert-OH is 2. The fraction of sp³-hybridized carbons (Fsp3) is 0.500. The number of rotatable bonds is 8. The van der Waals surface area contributed by atoms with Crippen molar-refractivity contribution >= 4 is 40.4 Å². The van der Waals surface area contributed by atoms with E-state index < -0.39 is 60.7 Å². The molecule has 32 heavy (non-hydrogen) atoms. The molecule has 1 fully saturated rings. The van der Waals surface area contributed by atoms with E-state index in [-0.39, 0.29) is 17.0 Å². The predicted octanol–water partition coefficient (Wildman–Crippen LogP) is -1.49. The summed E-state index contributed by atoms with van der Waals surface area (Å²) in [6, 6.07) is 0. The van der Waals surface area contributed by atoms with E-state index >= 15 is 0 Å². The lowest BCUT2D eigenvalue weighted by Crippen LogP contribution is -2.33. The molecule has 18 nitrogen and oxygen atoms in total. The lowest BCUT2D eigenvalue weighted by atomic mass is 10.1. The summed E-state index contributed by atoms with van der Waals surface area (Å²) >= 11 is 0. The van der Waals surface area contributed by atoms with Crippen molar-refractivity contribution in [3.8, 4) is 0 Å². The smallest absolute Gasteiger partial charge is 0.387 e. The van der Waals surface area contributed by atoms with Gasteiger partial charge in [0, 0.05) is 0 Å². The maximum absolute atomic E-state index is 13.5. The molecule has 8 N–H and O–H groups in total. The average Bonchev–Trinajstić information content (AvgIpc) is 3.12. The van der Waals surface area contributed by atoms with Crippen molar-refractivity contribution in [3.05, 3.63) is 12.4 Å². The molecule has 0 bridgehead atoms. The van der Waals surface area contributed by atoms with E-state index in [4.69, 9.17) is 25.2 Å². The molecule has 6 atom stereocenters. The van der Waals surface area contributed by atoms with E-state index in [9.17, 15) is 33.2 Å². The number of hydrogen-bond donors (Lipinski definition) is 7. The van der Waals surface area contributed by atoms with Gasteiger partial charge in [-0.05, 0) is 0 Å². The highest BCUT2D eigenvalue weighted by Crippen LogP contribution is 2.66. The maximum atomic E-state index is 13.5. The molecule has 180 valence electrons. The summed E-state index contributed by atoms with van der Waals surface area (Å²) < 4.78 is 65.0. The van der Waals surface area contributed by atoms with Gasteiger partial charge in [0.05, 0.1) is 12.9 Å². The summed E-state index contributed by atoms with van der Waals surface area (Å²) in [5.74, 6) is -0.316. The third kappa shape index (κ3) is 5.73. The van der Waals surface area contributed by atoms with Gasteiger partial charge in [0.15, 0.2) is 23.2 Å². The molecular weight excluding hydrogens is 510 g/mol. The Kier molecular flexibility index (Phi) is 6.88. The molecule has 0 spiro atoms. The Hall–Kier alpha value is -1.43. The molecule has 3 heterocycles. The van der Waals surface area contributed by atoms with Crippen LogP contribution < -0.4 is 5.73 Å². The topological polar surface area (TPSA) is 279 Å². The number of phosphoric ester groups is 1. The summed E-state index contributed by atoms with van der Waals surface area (Å²) in [4.78, 5) is 46.1. The Balaban J connectivity index is 1.72. The second kappa shape index (κ2) is 8.73. The van der Waals surface area contributed by atoms with Crippen molar-refractivity contribution in [2.45, 2.75) is 24.5 Å². The van der Waals surface area contributed by atoms with Crippen LogP contribution in [0, 0.1) is 6.08 Å². The SMILES string of the molecule is Nc1nc(F)nc2c1ncn2[C@@H]1O[C@H](COP(=O)(O)OP(=O)(O)OP(=O)(O)O)[C@H](O)[C@@H]1O. The van der Waals surface area contributed by atoms with Crippen LogP contribution in [0.15, 0.2) is 6.33 Å². The summed E-state index contributed by atoms with van der Waals surface area (Å²) in [6.07, 6.45) is -6.68. The Morgan fingerprint density at radius 1 is 1.09 bits per heavy atom. The van der Waals surface area contributed by atoms with Gasteiger partial charge in [-0.15, -0.1) is 0 Å². The van der Waals surface area contributed by atoms with Gasteiger partial charge in [0.1, 0.15) is 18.3 Å². The molecule has 2 unspecified atom stereocenters. The number of nitrogen functional groups attached to an aromatic ring is 1. The number of anilines is 1. The molecule has 0 aliphatic carbocycles. The summed E-state index contributed by atoms with van der Waals surface area (Å²) in [7, 11) is -16.8. The minimum Gasteiger partial charge on any atom is -0.387 e. The van der Waals surface area contributed by atoms with Crippen LogP contribution in [0.2, 0.25) is 0 Å². The number of ether oxygens (including phenoxy) is 1. The summed E-state index contributed by atoms with van der Waals surface area (Å²) in [5, 5.41) is 20.4. The minimum atomic E-state index is -5.74. The van der Waals surface area contributed by atoms with Crippen LogP contribution in [0.5, 0.6) is 0 Å². The molecule has 2 aromatic rings. The Morgan fingerprint density at radius 3 is 2.38 bits per heavy atom. The summed E-state index contributed by atoms with van der Waals surface area (Å²) in [5.41, 5.74) is 5.27. The normalized spacial score (nSPS) is 28.0. The van der Waals surface area contributed by atoms with Gasteiger partial charge in [0.25, 0.3) is 0 Å². The van der Waals surface area contributed by atoms with Crippen molar-refractivity contribution in [1.82, 2.24) is 19.5 Å². The van der Waals surface area contributed by atoms with Crippen LogP contribution in [0.4, 0.5) is 10.2 Å². The molecule has 0 aromatic carbocycles. The first-order valence-electron chi connectivity index (χ1n) is 8.04. The van der Waals surface area contributed by atoms with E-state index in [0.29, 0.717) is 0 Å². The third-order valence-electron chi connectivity index (χ3n) is 3.85. The van der Waals surface area contributed by atoms with E-state index in [1.54, 1.807) is 0 Å². The standard InChI is InChI=1S/C10H15FN5O13P3/c11-10-14-7(12)4-8(15-10)16(2-13-4)9-6(18)5(17)3(27-9)1-26-31(22,23)29-32(24,25)28-30(19,20)21/h2-3,5-6,9,17-18H,1H2,(H,22,23)(H,24,25)(H2,12,14,15)(H2,19,20,21)/t3-,5+,6+,9-/m1/s1. The largest absolute Gasteiger partial charge is 0.490 e. The fourth-order valence-electron chi connectivity index (χ4n) is 2.66. The Morgan fingerprint density at radius 2 is 1.75 bits per heavy atom. The van der Waals surface area contributed by atoms with Crippen molar-refractivity contribution in [2.75, 3.05) is 12.3 Å². The lowest BCUT2D eigenvalue weighted by Gasteiger charge is -2.19. The van der Waals surface area contributed by atoms with Gasteiger partial charge in [-0.25, -0.2) is 18.7 Å². The summed E-state index contributed by atoms with van der Waals surface area (Å²) in [6.45, 7) is -1.03. The van der Waals surface area contributed by atoms with E-state index in [1.165, 1.54) is 0 Å². The maximum Gasteiger partial charge on any atom is 0.490 e. The zero-order valence-electron chi connectivity index (χ0n) is 15.2. The number of phosphoric acid groups is 3. The molecule has 1 aliphatic rings. The van der Waals surface area contributed by atoms with Crippen molar-refractivity contribution < 1.29 is 65.8 Å². The molecule has 22 heteroatoms. The van der Waals surface area contributed by atoms with Crippen LogP contribution in [0.1, 0.15) is 6.23 Å². The first-order valence-corrected chi connectivity index (χ1v) is 12.6. The first-order chi connectivity index (χ1) is 14.6. The van der Waals surface area contributed by atoms with Crippen LogP contribution in [0.25, 0.3) is 11.2 Å². The highest BCUT2D eigenvalue weighted by molar-refractivity contribution is 7.66. The predicted molar refractivity (Wildman–Crippen MR) is 95.4 cm³/mol. The Labute approximate surface area is 175 Å². The number of nitrogens with two attached hydrogens (primary N) is 1. The van der Waals surface area contributed by atoms with Crippen LogP contribution in [-0.2, 0) is 31.6 Å². The monoisotopic (exact) mass is 525 g/mol. The van der Waals surface area contributed by atoms with E-state index in [2.05, 4.69) is 28.1 Å². The van der Waals surface area contributed by atoms with E-state index in [1.807, 2.05) is 0 Å². The number of hydrogen-bond acceptors (Lipinski definition) is 13. The molecule has 0 radical (unpaired) electrons. The molecular formula is C10H15FN5O13P3. The van der Waals surface area contributed by atoms with Crippen molar-refractivity contribution in [3.63, 3.8) is 0 Å². The number of aliphatic hydroxyl groups is 2. The zero-order valence-corrected chi connectivity index (χ0v) is 17.9. The van der Waals surface area contributed by atoms with E-state index in [0.717, 1.165) is 10.9 Å². The number of imidazole rings is 1. The van der Waals surface area contributed by atoms with Gasteiger partial charge >= 0.3 is 29.5 Å². The van der Waals surface area contributed by atoms with Gasteiger partial charge in [-0.1, -0.05) is 0 Å². The van der Waals surface area contributed by atoms with Gasteiger partial charge in [-0.2, -0.15) is 23.0 Å². The average molecular weight is 525 g/mol. The molecule has 1 saturated heterocycles. The molecule has 0 amide bonds. The first kappa shape index (κ1) is 25.2. The van der Waals surface area contributed by atoms with Gasteiger partial charge in [-0.3, -0.25) is 9.09 Å². The highest BCUT2D eigenvalue weighted by Gasteiger charge is 2.47. The zero-order chi connectivity index (χ0) is 24.1. The van der Waals surface area contributed by atoms with Gasteiger partial charge < -0.3 is 40.3 Å². The number of nitrogens with zero attached hydrogens (tertiary/aromatic N) is 4. The van der Waals surface area contributed by atoms with Crippen LogP contribution in [-0.4, -0.2) is 74.2 Å². The number of halogens is 1. The lowest BCUT2D eigenvalue weighted by molar-refractivity contribution is -0.0503. The molecule has 2 aromatic heterocycles.